The smallest absolute Gasteiger partial charge is 0.361 e. The van der Waals surface area contributed by atoms with Crippen molar-refractivity contribution in [3.8, 4) is 0 Å². The molecule has 9 heteroatoms. The Morgan fingerprint density at radius 3 is 0.808 bits per heavy atom. The van der Waals surface area contributed by atoms with Crippen molar-refractivity contribution in [2.45, 2.75) is 360 Å². The third-order valence-electron chi connectivity index (χ3n) is 17.6. The van der Waals surface area contributed by atoms with E-state index in [9.17, 15) is 19.5 Å². The van der Waals surface area contributed by atoms with Crippen molar-refractivity contribution in [2.24, 2.45) is 0 Å². The van der Waals surface area contributed by atoms with Crippen LogP contribution in [0.4, 0.5) is 0 Å². The van der Waals surface area contributed by atoms with E-state index in [1.54, 1.807) is 0 Å². The summed E-state index contributed by atoms with van der Waals surface area (Å²) in [5.41, 5.74) is 0. The molecule has 99 heavy (non-hydrogen) atoms. The molecule has 566 valence electrons. The number of carbonyl (C=O) groups is 3. The summed E-state index contributed by atoms with van der Waals surface area (Å²) in [4.78, 5) is 37.8. The summed E-state index contributed by atoms with van der Waals surface area (Å²) in [6.07, 6.45) is 113. The van der Waals surface area contributed by atoms with Crippen LogP contribution in [0.1, 0.15) is 348 Å². The number of carboxylic acids is 1. The van der Waals surface area contributed by atoms with Gasteiger partial charge < -0.3 is 28.5 Å². The van der Waals surface area contributed by atoms with Gasteiger partial charge in [0, 0.05) is 12.8 Å². The molecule has 0 fully saturated rings. The van der Waals surface area contributed by atoms with E-state index < -0.39 is 24.3 Å². The monoisotopic (exact) mass is 1380 g/mol. The van der Waals surface area contributed by atoms with Crippen LogP contribution in [0.25, 0.3) is 0 Å². The van der Waals surface area contributed by atoms with E-state index in [0.29, 0.717) is 17.4 Å². The molecule has 0 aromatic rings. The third kappa shape index (κ3) is 80.4. The van der Waals surface area contributed by atoms with E-state index in [0.717, 1.165) is 116 Å². The van der Waals surface area contributed by atoms with Crippen LogP contribution in [-0.2, 0) is 33.3 Å². The van der Waals surface area contributed by atoms with Gasteiger partial charge in [0.25, 0.3) is 6.29 Å². The van der Waals surface area contributed by atoms with Gasteiger partial charge in [0.05, 0.1) is 34.4 Å². The number of rotatable bonds is 75. The summed E-state index contributed by atoms with van der Waals surface area (Å²) < 4.78 is 23.1. The lowest BCUT2D eigenvalue weighted by atomic mass is 10.0. The molecule has 1 N–H and O–H groups in total. The molecule has 0 aromatic carbocycles. The van der Waals surface area contributed by atoms with Gasteiger partial charge in [-0.2, -0.15) is 0 Å². The van der Waals surface area contributed by atoms with Crippen LogP contribution in [-0.4, -0.2) is 87.4 Å². The number of nitrogens with zero attached hydrogens (tertiary/aromatic N) is 1. The van der Waals surface area contributed by atoms with Gasteiger partial charge in [-0.15, -0.1) is 0 Å². The standard InChI is InChI=1S/C90H153NO8/c1-6-8-10-12-14-16-18-20-22-24-26-28-30-32-34-36-38-40-41-42-43-44-45-46-47-49-51-53-55-57-59-61-63-65-67-69-71-73-75-77-79-81-88(93)99-86(85-98-90(89(94)95)96-83-82-91(3,4)5)84-97-87(92)80-78-76-74-72-70-68-66-64-62-60-58-56-54-52-50-48-39-37-35-33-31-29-27-25-23-21-19-17-15-13-11-9-7-2/h8-11,14-17,20-23,26-29,32,34,38,40,42-43,45-46,86,90H,6-7,12-13,18-19,24-25,30-31,33,35-37,39,41,44,47-85H2,1-5H3/p+1/b10-8-,11-9-,16-14-,17-15-,22-20-,23-21-,28-26-,29-27-,34-32-,40-38-,43-42-,46-45-. The molecule has 0 aliphatic rings. The molecule has 0 saturated heterocycles. The van der Waals surface area contributed by atoms with E-state index in [1.165, 1.54) is 205 Å². The zero-order valence-corrected chi connectivity index (χ0v) is 64.9. The van der Waals surface area contributed by atoms with E-state index in [-0.39, 0.29) is 32.2 Å². The number of allylic oxidation sites excluding steroid dienone is 24. The molecule has 0 aromatic heterocycles. The first-order valence-corrected chi connectivity index (χ1v) is 41.0. The van der Waals surface area contributed by atoms with Crippen LogP contribution >= 0.6 is 0 Å². The van der Waals surface area contributed by atoms with Crippen LogP contribution in [0.2, 0.25) is 0 Å². The number of carboxylic acid groups (broad SMARTS) is 1. The second kappa shape index (κ2) is 78.9. The summed E-state index contributed by atoms with van der Waals surface area (Å²) in [5, 5.41) is 9.78. The maximum Gasteiger partial charge on any atom is 0.361 e. The van der Waals surface area contributed by atoms with Crippen molar-refractivity contribution < 1.29 is 42.9 Å². The molecule has 2 atom stereocenters. The van der Waals surface area contributed by atoms with Crippen LogP contribution in [0.5, 0.6) is 0 Å². The highest BCUT2D eigenvalue weighted by atomic mass is 16.7. The highest BCUT2D eigenvalue weighted by molar-refractivity contribution is 5.71. The summed E-state index contributed by atoms with van der Waals surface area (Å²) in [5.74, 6) is -1.99. The van der Waals surface area contributed by atoms with Crippen molar-refractivity contribution >= 4 is 17.9 Å². The molecule has 0 amide bonds. The maximum atomic E-state index is 13.0. The van der Waals surface area contributed by atoms with Gasteiger partial charge in [-0.05, 0) is 116 Å². The number of likely N-dealkylation sites (N-methyl/N-ethyl adjacent to an activating group) is 1. The van der Waals surface area contributed by atoms with Crippen LogP contribution in [0.15, 0.2) is 146 Å². The van der Waals surface area contributed by atoms with Gasteiger partial charge in [0.15, 0.2) is 6.10 Å². The molecular formula is C90H154NO8+. The number of esters is 2. The minimum Gasteiger partial charge on any atom is -0.477 e. The molecule has 2 unspecified atom stereocenters. The Bertz CT molecular complexity index is 2150. The Hall–Kier alpha value is -4.83. The molecule has 0 spiro atoms. The molecule has 0 aliphatic carbocycles. The van der Waals surface area contributed by atoms with E-state index in [2.05, 4.69) is 160 Å². The fourth-order valence-electron chi connectivity index (χ4n) is 11.4. The predicted octanol–water partition coefficient (Wildman–Crippen LogP) is 26.6. The van der Waals surface area contributed by atoms with Crippen molar-refractivity contribution in [1.82, 2.24) is 0 Å². The number of aliphatic carboxylic acids is 1. The first-order chi connectivity index (χ1) is 48.6. The summed E-state index contributed by atoms with van der Waals surface area (Å²) in [6.45, 7) is 4.68. The largest absolute Gasteiger partial charge is 0.477 e. The highest BCUT2D eigenvalue weighted by Gasteiger charge is 2.25. The van der Waals surface area contributed by atoms with Gasteiger partial charge in [-0.1, -0.05) is 365 Å². The van der Waals surface area contributed by atoms with Gasteiger partial charge >= 0.3 is 17.9 Å². The lowest BCUT2D eigenvalue weighted by molar-refractivity contribution is -0.870. The minimum atomic E-state index is -1.52. The van der Waals surface area contributed by atoms with Crippen molar-refractivity contribution in [3.05, 3.63) is 146 Å². The van der Waals surface area contributed by atoms with Crippen LogP contribution in [0.3, 0.4) is 0 Å². The van der Waals surface area contributed by atoms with Gasteiger partial charge in [0.1, 0.15) is 13.2 Å². The zero-order valence-electron chi connectivity index (χ0n) is 64.9. The molecule has 9 nitrogen and oxygen atoms in total. The fourth-order valence-corrected chi connectivity index (χ4v) is 11.4. The number of unbranched alkanes of at least 4 members (excludes halogenated alkanes) is 36. The molecule has 0 radical (unpaired) electrons. The third-order valence-corrected chi connectivity index (χ3v) is 17.6. The molecule has 0 bridgehead atoms. The number of hydrogen-bond acceptors (Lipinski definition) is 7. The SMILES string of the molecule is CC/C=C\C/C=C\C/C=C\C/C=C\C/C=C\C/C=C\C/C=C\C/C=C\CCCCCCCCCCCCCCCCCCC(=O)OC(COC(=O)CCCCCCCCCCCCCCCCCCCCCC/C=C\C/C=C\C/C=C\C/C=C\CC)COC(OCC[N+](C)(C)C)C(=O)O. The number of ether oxygens (including phenoxy) is 4. The number of carbonyl (C=O) groups excluding carboxylic acids is 2. The van der Waals surface area contributed by atoms with Gasteiger partial charge in [0.2, 0.25) is 0 Å². The van der Waals surface area contributed by atoms with Gasteiger partial charge in [-0.25, -0.2) is 4.79 Å². The van der Waals surface area contributed by atoms with E-state index in [4.69, 9.17) is 18.9 Å². The average molecular weight is 1380 g/mol. The van der Waals surface area contributed by atoms with E-state index >= 15 is 0 Å². The van der Waals surface area contributed by atoms with Crippen molar-refractivity contribution in [2.75, 3.05) is 47.5 Å². The normalized spacial score (nSPS) is 13.4. The average Bonchev–Trinajstić information content (AvgIpc) is 2.62. The molecule has 0 heterocycles. The predicted molar refractivity (Wildman–Crippen MR) is 428 cm³/mol. The molecule has 0 aliphatic heterocycles. The maximum absolute atomic E-state index is 13.0. The Morgan fingerprint density at radius 2 is 0.545 bits per heavy atom. The second-order valence-corrected chi connectivity index (χ2v) is 28.3. The summed E-state index contributed by atoms with van der Waals surface area (Å²) in [6, 6.07) is 0. The lowest BCUT2D eigenvalue weighted by Gasteiger charge is -2.25. The van der Waals surface area contributed by atoms with Crippen LogP contribution < -0.4 is 0 Å². The van der Waals surface area contributed by atoms with E-state index in [1.807, 2.05) is 21.1 Å². The Labute approximate surface area is 611 Å². The first-order valence-electron chi connectivity index (χ1n) is 41.0. The molecular weight excluding hydrogens is 1220 g/mol. The lowest BCUT2D eigenvalue weighted by Crippen LogP contribution is -2.40. The van der Waals surface area contributed by atoms with Crippen molar-refractivity contribution in [3.63, 3.8) is 0 Å². The Morgan fingerprint density at radius 1 is 0.303 bits per heavy atom. The number of quaternary nitrogens is 1. The Kier molecular flexibility index (Phi) is 75.0. The topological polar surface area (TPSA) is 108 Å². The minimum absolute atomic E-state index is 0.184. The second-order valence-electron chi connectivity index (χ2n) is 28.3. The quantitative estimate of drug-likeness (QED) is 0.0211. The fraction of sp³-hybridized carbons (Fsp3) is 0.700. The zero-order chi connectivity index (χ0) is 71.8. The first kappa shape index (κ1) is 94.2. The summed E-state index contributed by atoms with van der Waals surface area (Å²) >= 11 is 0. The number of hydrogen-bond donors (Lipinski definition) is 1. The molecule has 0 rings (SSSR count). The summed E-state index contributed by atoms with van der Waals surface area (Å²) in [7, 11) is 5.99. The highest BCUT2D eigenvalue weighted by Crippen LogP contribution is 2.19. The Balaban J connectivity index is 4.02. The van der Waals surface area contributed by atoms with Gasteiger partial charge in [-0.3, -0.25) is 9.59 Å². The van der Waals surface area contributed by atoms with Crippen molar-refractivity contribution in [1.29, 1.82) is 0 Å². The molecule has 0 saturated carbocycles. The van der Waals surface area contributed by atoms with Crippen LogP contribution in [0, 0.1) is 0 Å².